The van der Waals surface area contributed by atoms with Gasteiger partial charge in [-0.1, -0.05) is 48.5 Å². The maximum absolute atomic E-state index is 14.4. The first-order chi connectivity index (χ1) is 45.1. The molecule has 8 aromatic rings. The second-order valence-corrected chi connectivity index (χ2v) is 16.0. The average molecular weight is 1430 g/mol. The summed E-state index contributed by atoms with van der Waals surface area (Å²) in [5.41, 5.74) is 10.7. The van der Waals surface area contributed by atoms with E-state index in [0.29, 0.717) is 29.7 Å². The van der Waals surface area contributed by atoms with Crippen LogP contribution in [-0.4, -0.2) is 69.7 Å². The Balaban J connectivity index is -0.000000215. The van der Waals surface area contributed by atoms with E-state index in [1.807, 2.05) is 48.5 Å². The second-order valence-electron chi connectivity index (χ2n) is 16.0. The number of nitrogen functional groups attached to an aromatic ring is 1. The number of amides is 1. The number of benzene rings is 4. The van der Waals surface area contributed by atoms with Crippen molar-refractivity contribution in [3.8, 4) is 0 Å². The summed E-state index contributed by atoms with van der Waals surface area (Å²) >= 11 is 0. The van der Waals surface area contributed by atoms with Crippen LogP contribution in [-0.2, 0) is 12.8 Å². The molecule has 1 amide bonds. The quantitative estimate of drug-likeness (QED) is 0.0526. The van der Waals surface area contributed by atoms with Crippen LogP contribution in [0, 0.1) is 23.3 Å². The number of aromatic carboxylic acids is 1. The first kappa shape index (κ1) is 97.7. The fraction of sp³-hybridized carbons (Fsp3) is 0.160. The highest BCUT2D eigenvalue weighted by Gasteiger charge is 2.34. The molecule has 0 saturated carbocycles. The highest BCUT2D eigenvalue weighted by molar-refractivity contribution is 6.05. The number of carbonyl (C=O) groups excluding carboxylic acids is 3. The molecule has 94 heavy (non-hydrogen) atoms. The number of anilines is 2. The predicted octanol–water partition coefficient (Wildman–Crippen LogP) is 19.1. The molecule has 4 heterocycles. The topological polar surface area (TPSA) is 202 Å². The number of halogens is 31. The number of carboxylic acids is 1. The molecule has 0 unspecified atom stereocenters. The van der Waals surface area contributed by atoms with Crippen molar-refractivity contribution >= 4 is 46.1 Å². The molecule has 4 atom stereocenters. The highest BCUT2D eigenvalue weighted by atomic mass is 20.0. The molecule has 0 radical (unpaired) electrons. The zero-order valence-electron chi connectivity index (χ0n) is 45.4. The predicted molar refractivity (Wildman–Crippen MR) is 269 cm³/mol. The van der Waals surface area contributed by atoms with E-state index in [-0.39, 0.29) is 69.3 Å². The lowest BCUT2D eigenvalue weighted by Crippen LogP contribution is -2.18. The molecule has 13 nitrogen and oxygen atoms in total. The molecule has 2 aliphatic carbocycles. The van der Waals surface area contributed by atoms with Crippen molar-refractivity contribution in [3.63, 3.8) is 0 Å². The first-order valence-electron chi connectivity index (χ1n) is 22.7. The van der Waals surface area contributed by atoms with Crippen molar-refractivity contribution in [3.05, 3.63) is 202 Å². The number of nitrogens with two attached hydrogens (primary N) is 1. The SMILES string of the molecule is F.FF.FF.FF.FF.FF.FF.FF.FF.FF.FF.FF.FF.FF.Nc1cc(C(=O)C[C@@H]2c3ccccc3C[C@@H]2O)ccc1F.O=C(C[C@@H]1c2ccccc2C[C@@H]1O)c1ccc(F)c(NC(=O)c2cnc3ccc(F)cn23)c1.O=C(O)c1cnc2ccc(F)cn12. The van der Waals surface area contributed by atoms with Gasteiger partial charge in [0.1, 0.15) is 40.3 Å². The van der Waals surface area contributed by atoms with E-state index in [1.54, 1.807) is 0 Å². The number of nitrogens with one attached hydrogen (secondary N) is 1. The number of fused-ring (bicyclic) bond motifs is 4. The molecule has 0 fully saturated rings. The van der Waals surface area contributed by atoms with Crippen molar-refractivity contribution in [1.82, 2.24) is 18.8 Å². The lowest BCUT2D eigenvalue weighted by Gasteiger charge is -2.15. The Kier molecular flexibility index (Phi) is 61.7. The molecule has 0 bridgehead atoms. The standard InChI is InChI=1S/C25H19F2N3O3.C17H16FNO2.C8H5FN2O2.13F2.FH/c26-16-6-8-24-28-12-21(30(24)13-16)25(33)29-20-9-15(5-7-19(20)27)22(31)11-18-17-4-2-1-3-14(17)10-23(18)32;18-14-6-5-11(7-15(14)19)16(20)9-13-12-4-2-1-3-10(12)8-17(13)21;9-5-1-2-7-10-3-6(8(12)13)11(7)4-5;13*1-2;/h1-9,12-13,18,23,32H,10-11H2,(H,29,33);1-7,13,17,21H,8-9,19H2;1-4H,(H,12,13);;;;;;;;;;;;;;1H/t18-,23+;13-,17+;;;;;;;;;;;;;;;/m11.............../s1. The molecule has 0 aliphatic heterocycles. The summed E-state index contributed by atoms with van der Waals surface area (Å²) in [4.78, 5) is 56.4. The number of imidazole rings is 2. The van der Waals surface area contributed by atoms with Crippen molar-refractivity contribution < 1.29 is 176 Å². The van der Waals surface area contributed by atoms with Gasteiger partial charge in [-0.05, 0) is 95.8 Å². The molecule has 530 valence electrons. The van der Waals surface area contributed by atoms with E-state index in [4.69, 9.17) is 130 Å². The summed E-state index contributed by atoms with van der Waals surface area (Å²) in [6.07, 6.45) is 4.74. The molecule has 44 heteroatoms. The van der Waals surface area contributed by atoms with Gasteiger partial charge >= 0.3 is 5.97 Å². The van der Waals surface area contributed by atoms with Gasteiger partial charge in [0.15, 0.2) is 17.3 Å². The molecular weight excluding hydrogens is 1390 g/mol. The second kappa shape index (κ2) is 59.4. The van der Waals surface area contributed by atoms with E-state index in [2.05, 4.69) is 15.3 Å². The maximum atomic E-state index is 14.4. The molecule has 4 aromatic carbocycles. The number of Topliss-reactive ketones (excluding diaryl/α,β-unsaturated/α-hetero) is 2. The highest BCUT2D eigenvalue weighted by Crippen LogP contribution is 2.38. The van der Waals surface area contributed by atoms with Crippen LogP contribution in [0.25, 0.3) is 11.3 Å². The fourth-order valence-electron chi connectivity index (χ4n) is 8.37. The minimum atomic E-state index is -1.13. The van der Waals surface area contributed by atoms with Gasteiger partial charge in [0.05, 0.1) is 36.0 Å². The van der Waals surface area contributed by atoms with Crippen LogP contribution in [0.4, 0.5) is 153 Å². The number of aliphatic hydroxyl groups excluding tert-OH is 2. The smallest absolute Gasteiger partial charge is 0.354 e. The number of hydrogen-bond donors (Lipinski definition) is 5. The van der Waals surface area contributed by atoms with Crippen LogP contribution in [0.15, 0.2) is 134 Å². The van der Waals surface area contributed by atoms with Crippen molar-refractivity contribution in [2.75, 3.05) is 11.1 Å². The summed E-state index contributed by atoms with van der Waals surface area (Å²) in [5, 5.41) is 31.7. The monoisotopic (exact) mass is 1430 g/mol. The van der Waals surface area contributed by atoms with Gasteiger partial charge in [-0.25, -0.2) is 32.3 Å². The number of carbonyl (C=O) groups is 4. The zero-order chi connectivity index (χ0) is 73.5. The Morgan fingerprint density at radius 1 is 0.468 bits per heavy atom. The molecule has 0 saturated heterocycles. The van der Waals surface area contributed by atoms with Crippen LogP contribution in [0.1, 0.15) is 88.6 Å². The lowest BCUT2D eigenvalue weighted by molar-refractivity contribution is 0.0688. The number of aliphatic hydroxyl groups is 2. The fourth-order valence-corrected chi connectivity index (χ4v) is 8.37. The maximum Gasteiger partial charge on any atom is 0.354 e. The molecule has 10 rings (SSSR count). The molecule has 6 N–H and O–H groups in total. The van der Waals surface area contributed by atoms with E-state index in [1.165, 1.54) is 75.8 Å². The summed E-state index contributed by atoms with van der Waals surface area (Å²) < 4.78 is 264. The number of aromatic nitrogens is 4. The van der Waals surface area contributed by atoms with Gasteiger partial charge in [0.2, 0.25) is 0 Å². The summed E-state index contributed by atoms with van der Waals surface area (Å²) in [5.74, 6) is -5.08. The Morgan fingerprint density at radius 2 is 0.809 bits per heavy atom. The third-order valence-electron chi connectivity index (χ3n) is 11.8. The Hall–Kier alpha value is -9.91. The Labute approximate surface area is 503 Å². The summed E-state index contributed by atoms with van der Waals surface area (Å²) in [7, 11) is 0. The van der Waals surface area contributed by atoms with Gasteiger partial charge in [-0.2, -0.15) is 0 Å². The third kappa shape index (κ3) is 30.0. The molecule has 4 aromatic heterocycles. The van der Waals surface area contributed by atoms with E-state index < -0.39 is 47.4 Å². The third-order valence-corrected chi connectivity index (χ3v) is 11.8. The zero-order valence-corrected chi connectivity index (χ0v) is 45.4. The van der Waals surface area contributed by atoms with E-state index in [9.17, 15) is 47.0 Å². The minimum Gasteiger partial charge on any atom is -0.477 e. The molecule has 2 aliphatic rings. The molecular formula is C50H41F31N6O7. The van der Waals surface area contributed by atoms with Gasteiger partial charge in [-0.3, -0.25) is 27.9 Å². The number of ketones is 2. The van der Waals surface area contributed by atoms with Gasteiger partial charge in [-0.15, -0.1) is 0 Å². The Morgan fingerprint density at radius 3 is 1.18 bits per heavy atom. The largest absolute Gasteiger partial charge is 0.477 e. The Bertz CT molecular complexity index is 3270. The van der Waals surface area contributed by atoms with Crippen LogP contribution in [0.5, 0.6) is 0 Å². The van der Waals surface area contributed by atoms with Crippen molar-refractivity contribution in [2.45, 2.75) is 49.7 Å². The average Bonchev–Trinajstić information content (AvgIpc) is 1.98. The van der Waals surface area contributed by atoms with Crippen LogP contribution in [0.2, 0.25) is 0 Å². The van der Waals surface area contributed by atoms with Gasteiger partial charge < -0.3 is 26.4 Å². The van der Waals surface area contributed by atoms with E-state index >= 15 is 0 Å². The normalized spacial score (nSPS) is 12.9. The number of carboxylic acid groups (broad SMARTS) is 1. The first-order valence-corrected chi connectivity index (χ1v) is 22.7. The van der Waals surface area contributed by atoms with E-state index in [0.717, 1.165) is 40.7 Å². The van der Waals surface area contributed by atoms with Gasteiger partial charge in [0, 0.05) is 167 Å². The van der Waals surface area contributed by atoms with Crippen LogP contribution in [0.3, 0.4) is 0 Å². The summed E-state index contributed by atoms with van der Waals surface area (Å²) in [6, 6.07) is 28.3. The summed E-state index contributed by atoms with van der Waals surface area (Å²) in [6.45, 7) is 0. The number of nitrogens with zero attached hydrogens (tertiary/aromatic N) is 4. The molecule has 0 spiro atoms. The number of hydrogen-bond acceptors (Lipinski definition) is 9. The van der Waals surface area contributed by atoms with Crippen LogP contribution < -0.4 is 11.1 Å². The lowest BCUT2D eigenvalue weighted by atomic mass is 9.91. The minimum absolute atomic E-state index is 0. The van der Waals surface area contributed by atoms with Crippen LogP contribution >= 0.6 is 0 Å². The van der Waals surface area contributed by atoms with Crippen molar-refractivity contribution in [1.29, 1.82) is 0 Å². The van der Waals surface area contributed by atoms with Gasteiger partial charge in [0.25, 0.3) is 5.91 Å². The number of rotatable bonds is 9. The van der Waals surface area contributed by atoms with Crippen molar-refractivity contribution in [2.24, 2.45) is 0 Å². The number of pyridine rings is 2.